The van der Waals surface area contributed by atoms with Gasteiger partial charge in [-0.3, -0.25) is 24.1 Å². The van der Waals surface area contributed by atoms with E-state index in [4.69, 9.17) is 27.3 Å². The van der Waals surface area contributed by atoms with Crippen molar-refractivity contribution in [3.63, 3.8) is 0 Å². The van der Waals surface area contributed by atoms with Gasteiger partial charge in [-0.05, 0) is 17.3 Å². The Morgan fingerprint density at radius 2 is 1.91 bits per heavy atom. The summed E-state index contributed by atoms with van der Waals surface area (Å²) in [5.41, 5.74) is 6.56. The van der Waals surface area contributed by atoms with Crippen molar-refractivity contribution in [1.29, 1.82) is 0 Å². The topological polar surface area (TPSA) is 309 Å². The number of benzene rings is 1. The number of rotatable bonds is 14. The van der Waals surface area contributed by atoms with Crippen molar-refractivity contribution in [3.05, 3.63) is 45.2 Å². The quantitative estimate of drug-likeness (QED) is 0.0354. The number of halogens is 1. The molecule has 1 aromatic carbocycles. The molecular weight excluding hydrogens is 798 g/mol. The van der Waals surface area contributed by atoms with E-state index in [0.717, 1.165) is 60.3 Å². The lowest BCUT2D eigenvalue weighted by Gasteiger charge is -2.56. The lowest BCUT2D eigenvalue weighted by molar-refractivity contribution is -0.941. The normalized spacial score (nSPS) is 24.9. The number of phenolic OH excluding ortho intramolecular Hbond substituents is 2. The SMILES string of the molecule is Nc1nc(/C(=N/O[C@@H](CC(=O)O)C(=O)O)C(=O)N[C@@H]2C(=O)N3C(c4nn[nH]n4)=C(C[N+]45CCC(CNC(=O)c6ccc(O)c(O)c6Cl)(CC4)CC5)CS[C@H]23)cs1. The van der Waals surface area contributed by atoms with Gasteiger partial charge in [-0.25, -0.2) is 9.78 Å². The number of β-lactam (4-membered cyclic amide) rings is 1. The Kier molecular flexibility index (Phi) is 10.5. The standard InChI is InChI=1S/C32H34ClN11O10S2/c33-20-15(1-2-17(45)24(20)48)26(49)35-13-32-3-6-44(7-4-32,8-5-32)10-14-11-55-29-22(28(51)43(29)23(14)25-38-41-42-39-25)37-27(50)21(16-12-56-31(34)36-16)40-54-18(30(52)53)9-19(46)47/h1-2,12,18,22,29H,3-11,13H2,(H8-,34,35,36,37,38,39,40,41,42,45,46,47,48,49,50,52,53)/p+1/t18-,22+,29+,32?,44?/m0/s1. The number of aromatic amines is 1. The van der Waals surface area contributed by atoms with Crippen LogP contribution in [0, 0.1) is 5.41 Å². The molecule has 2 bridgehead atoms. The Bertz CT molecular complexity index is 2140. The van der Waals surface area contributed by atoms with Crippen LogP contribution in [0.1, 0.15) is 47.6 Å². The number of tetrazole rings is 1. The Labute approximate surface area is 329 Å². The molecule has 3 atom stereocenters. The third-order valence-corrected chi connectivity index (χ3v) is 13.0. The van der Waals surface area contributed by atoms with Crippen molar-refractivity contribution in [3.8, 4) is 11.5 Å². The number of H-pyrrole nitrogens is 1. The fourth-order valence-corrected chi connectivity index (χ4v) is 9.60. The minimum atomic E-state index is -1.90. The molecule has 5 aliphatic rings. The Hall–Kier alpha value is -5.52. The largest absolute Gasteiger partial charge is 0.504 e. The molecule has 296 valence electrons. The molecule has 0 spiro atoms. The van der Waals surface area contributed by atoms with Crippen LogP contribution >= 0.6 is 34.7 Å². The number of nitrogen functional groups attached to an aromatic ring is 1. The number of nitrogens with zero attached hydrogens (tertiary/aromatic N) is 7. The first-order valence-corrected chi connectivity index (χ1v) is 19.5. The predicted molar refractivity (Wildman–Crippen MR) is 197 cm³/mol. The molecule has 21 nitrogen and oxygen atoms in total. The lowest BCUT2D eigenvalue weighted by Crippen LogP contribution is -2.70. The highest BCUT2D eigenvalue weighted by atomic mass is 35.5. The fraction of sp³-hybridized carbons (Fsp3) is 0.438. The van der Waals surface area contributed by atoms with Gasteiger partial charge in [0.25, 0.3) is 17.7 Å². The summed E-state index contributed by atoms with van der Waals surface area (Å²) in [6, 6.07) is 1.53. The number of thiazole rings is 1. The molecule has 0 aliphatic carbocycles. The average Bonchev–Trinajstić information content (AvgIpc) is 3.87. The van der Waals surface area contributed by atoms with E-state index in [1.165, 1.54) is 34.2 Å². The zero-order valence-corrected chi connectivity index (χ0v) is 31.6. The van der Waals surface area contributed by atoms with E-state index in [9.17, 15) is 39.3 Å². The lowest BCUT2D eigenvalue weighted by atomic mass is 9.70. The maximum absolute atomic E-state index is 13.9. The Morgan fingerprint density at radius 3 is 2.54 bits per heavy atom. The number of nitrogens with two attached hydrogens (primary N) is 1. The second kappa shape index (κ2) is 15.2. The molecule has 5 aliphatic heterocycles. The van der Waals surface area contributed by atoms with Gasteiger partial charge in [0.15, 0.2) is 22.3 Å². The number of carboxylic acid groups (broad SMARTS) is 2. The molecule has 0 radical (unpaired) electrons. The van der Waals surface area contributed by atoms with E-state index >= 15 is 0 Å². The van der Waals surface area contributed by atoms with Crippen LogP contribution in [0.2, 0.25) is 5.02 Å². The molecule has 9 N–H and O–H groups in total. The smallest absolute Gasteiger partial charge is 0.348 e. The summed E-state index contributed by atoms with van der Waals surface area (Å²) in [6.07, 6.45) is -0.334. The van der Waals surface area contributed by atoms with Crippen molar-refractivity contribution < 1.29 is 53.7 Å². The number of aromatic nitrogens is 5. The highest BCUT2D eigenvalue weighted by molar-refractivity contribution is 8.00. The van der Waals surface area contributed by atoms with E-state index in [-0.39, 0.29) is 32.7 Å². The van der Waals surface area contributed by atoms with E-state index in [1.807, 2.05) is 0 Å². The van der Waals surface area contributed by atoms with Crippen LogP contribution in [-0.4, -0.2) is 147 Å². The molecule has 3 aromatic rings. The number of oxime groups is 1. The number of nitrogens with one attached hydrogen (secondary N) is 3. The average molecular weight is 833 g/mol. The molecule has 2 aromatic heterocycles. The van der Waals surface area contributed by atoms with Gasteiger partial charge in [0, 0.05) is 47.9 Å². The number of fused-ring (bicyclic) bond motifs is 4. The van der Waals surface area contributed by atoms with Gasteiger partial charge < -0.3 is 46.1 Å². The number of carbonyl (C=O) groups is 5. The number of hydrogen-bond acceptors (Lipinski definition) is 16. The number of anilines is 1. The number of aromatic hydroxyl groups is 2. The molecule has 24 heteroatoms. The van der Waals surface area contributed by atoms with E-state index < -0.39 is 70.8 Å². The zero-order chi connectivity index (χ0) is 39.9. The minimum Gasteiger partial charge on any atom is -0.504 e. The summed E-state index contributed by atoms with van der Waals surface area (Å²) in [6.45, 7) is 3.49. The number of aliphatic carboxylic acids is 2. The van der Waals surface area contributed by atoms with E-state index in [0.29, 0.717) is 24.5 Å². The number of carbonyl (C=O) groups excluding carboxylic acids is 3. The second-order valence-corrected chi connectivity index (χ2v) is 16.4. The van der Waals surface area contributed by atoms with Crippen LogP contribution in [0.4, 0.5) is 5.13 Å². The zero-order valence-electron chi connectivity index (χ0n) is 29.2. The first-order chi connectivity index (χ1) is 26.7. The van der Waals surface area contributed by atoms with Crippen LogP contribution < -0.4 is 16.4 Å². The number of piperidine rings is 3. The Balaban J connectivity index is 1.04. The third kappa shape index (κ3) is 7.41. The molecule has 8 rings (SSSR count). The monoisotopic (exact) mass is 832 g/mol. The first kappa shape index (κ1) is 38.7. The summed E-state index contributed by atoms with van der Waals surface area (Å²) >= 11 is 8.52. The first-order valence-electron chi connectivity index (χ1n) is 17.1. The van der Waals surface area contributed by atoms with E-state index in [2.05, 4.69) is 41.4 Å². The predicted octanol–water partition coefficient (Wildman–Crippen LogP) is 0.194. The number of quaternary nitrogens is 1. The van der Waals surface area contributed by atoms with Gasteiger partial charge in [-0.2, -0.15) is 5.21 Å². The second-order valence-electron chi connectivity index (χ2n) is 14.0. The van der Waals surface area contributed by atoms with Crippen molar-refractivity contribution in [2.45, 2.75) is 43.2 Å². The van der Waals surface area contributed by atoms with Crippen LogP contribution in [0.15, 0.2) is 28.2 Å². The summed E-state index contributed by atoms with van der Waals surface area (Å²) in [4.78, 5) is 73.6. The molecule has 56 heavy (non-hydrogen) atoms. The van der Waals surface area contributed by atoms with E-state index in [1.54, 1.807) is 0 Å². The third-order valence-electron chi connectivity index (χ3n) is 10.6. The van der Waals surface area contributed by atoms with Crippen molar-refractivity contribution in [2.24, 2.45) is 10.6 Å². The van der Waals surface area contributed by atoms with Crippen molar-refractivity contribution in [2.75, 3.05) is 44.2 Å². The van der Waals surface area contributed by atoms with Crippen LogP contribution in [0.5, 0.6) is 11.5 Å². The fourth-order valence-electron chi connectivity index (χ4n) is 7.47. The minimum absolute atomic E-state index is 0.0653. The molecule has 0 saturated carbocycles. The molecule has 4 saturated heterocycles. The highest BCUT2D eigenvalue weighted by Gasteiger charge is 2.56. The molecule has 7 heterocycles. The maximum atomic E-state index is 13.9. The van der Waals surface area contributed by atoms with Gasteiger partial charge in [-0.1, -0.05) is 16.8 Å². The number of carboxylic acids is 2. The number of phenols is 2. The summed E-state index contributed by atoms with van der Waals surface area (Å²) in [5, 5.41) is 62.6. The van der Waals surface area contributed by atoms with Crippen molar-refractivity contribution in [1.82, 2.24) is 41.1 Å². The molecule has 4 fully saturated rings. The summed E-state index contributed by atoms with van der Waals surface area (Å²) in [5.74, 6) is -5.17. The van der Waals surface area contributed by atoms with Crippen LogP contribution in [-0.2, 0) is 24.0 Å². The number of hydrogen-bond donors (Lipinski definition) is 8. The molecule has 3 amide bonds. The van der Waals surface area contributed by atoms with Gasteiger partial charge in [-0.15, -0.1) is 33.3 Å². The maximum Gasteiger partial charge on any atom is 0.348 e. The van der Waals surface area contributed by atoms with Crippen LogP contribution in [0.3, 0.4) is 0 Å². The van der Waals surface area contributed by atoms with Gasteiger partial charge in [0.2, 0.25) is 11.9 Å². The number of thioether (sulfide) groups is 1. The van der Waals surface area contributed by atoms with Gasteiger partial charge >= 0.3 is 11.9 Å². The summed E-state index contributed by atoms with van der Waals surface area (Å²) in [7, 11) is 0. The molecular formula is C32H35ClN11O10S2+. The van der Waals surface area contributed by atoms with Crippen LogP contribution in [0.25, 0.3) is 5.70 Å². The summed E-state index contributed by atoms with van der Waals surface area (Å²) < 4.78 is 0.757. The number of amides is 3. The Morgan fingerprint density at radius 1 is 1.18 bits per heavy atom. The molecule has 0 unspecified atom stereocenters. The highest BCUT2D eigenvalue weighted by Crippen LogP contribution is 2.48. The van der Waals surface area contributed by atoms with Gasteiger partial charge in [0.1, 0.15) is 23.7 Å². The van der Waals surface area contributed by atoms with Gasteiger partial charge in [0.05, 0.1) is 42.3 Å². The van der Waals surface area contributed by atoms with Crippen molar-refractivity contribution >= 4 is 80.9 Å².